The van der Waals surface area contributed by atoms with Crippen LogP contribution in [0.25, 0.3) is 0 Å². The van der Waals surface area contributed by atoms with E-state index >= 15 is 0 Å². The summed E-state index contributed by atoms with van der Waals surface area (Å²) in [5.41, 5.74) is 7.13. The lowest BCUT2D eigenvalue weighted by molar-refractivity contribution is 0.485. The minimum Gasteiger partial charge on any atom is -0.397 e. The fourth-order valence-corrected chi connectivity index (χ4v) is 3.61. The molecule has 1 atom stereocenters. The maximum absolute atomic E-state index is 12.3. The Balaban J connectivity index is 2.61. The van der Waals surface area contributed by atoms with Crippen LogP contribution in [0.5, 0.6) is 0 Å². The summed E-state index contributed by atoms with van der Waals surface area (Å²) >= 11 is 0. The average Bonchev–Trinajstić information content (AvgIpc) is 2.38. The highest BCUT2D eigenvalue weighted by Crippen LogP contribution is 2.41. The van der Waals surface area contributed by atoms with Crippen LogP contribution in [-0.2, 0) is 4.57 Å². The van der Waals surface area contributed by atoms with E-state index in [1.807, 2.05) is 0 Å². The Labute approximate surface area is 115 Å². The van der Waals surface area contributed by atoms with Gasteiger partial charge in [-0.25, -0.2) is 0 Å². The minimum absolute atomic E-state index is 0.342. The smallest absolute Gasteiger partial charge is 0.229 e. The lowest BCUT2D eigenvalue weighted by atomic mass is 10.2. The van der Waals surface area contributed by atoms with Crippen LogP contribution in [0.2, 0.25) is 0 Å². The molecule has 0 fully saturated rings. The Hall–Kier alpha value is -0.990. The molecule has 0 aliphatic rings. The molecule has 0 heterocycles. The van der Waals surface area contributed by atoms with Gasteiger partial charge in [-0.05, 0) is 24.6 Å². The first-order valence-electron chi connectivity index (χ1n) is 6.91. The van der Waals surface area contributed by atoms with Gasteiger partial charge in [0.15, 0.2) is 0 Å². The van der Waals surface area contributed by atoms with Crippen molar-refractivity contribution in [2.24, 2.45) is 0 Å². The zero-order chi connectivity index (χ0) is 14.3. The standard InChI is InChI=1S/C14H25N2O2P/c1-3-4-5-6-7-10-19(17,18)12-8-9-14(16-2)13(15)11-12/h8-9,11,16H,3-7,10,15H2,1-2H3,(H,17,18). The van der Waals surface area contributed by atoms with E-state index in [1.165, 1.54) is 12.8 Å². The normalized spacial score (nSPS) is 14.1. The van der Waals surface area contributed by atoms with Crippen LogP contribution in [-0.4, -0.2) is 18.1 Å². The third kappa shape index (κ3) is 4.88. The van der Waals surface area contributed by atoms with Gasteiger partial charge in [0, 0.05) is 18.5 Å². The molecule has 1 aromatic rings. The van der Waals surface area contributed by atoms with Gasteiger partial charge in [-0.1, -0.05) is 32.6 Å². The van der Waals surface area contributed by atoms with Crippen LogP contribution in [0.15, 0.2) is 18.2 Å². The molecule has 4 N–H and O–H groups in total. The third-order valence-electron chi connectivity index (χ3n) is 3.27. The van der Waals surface area contributed by atoms with Crippen LogP contribution in [0.1, 0.15) is 39.0 Å². The molecule has 1 aromatic carbocycles. The van der Waals surface area contributed by atoms with Crippen molar-refractivity contribution < 1.29 is 9.46 Å². The fourth-order valence-electron chi connectivity index (χ4n) is 2.05. The van der Waals surface area contributed by atoms with Crippen LogP contribution in [0.4, 0.5) is 11.4 Å². The minimum atomic E-state index is -3.26. The molecule has 0 aliphatic carbocycles. The van der Waals surface area contributed by atoms with Crippen LogP contribution >= 0.6 is 7.37 Å². The van der Waals surface area contributed by atoms with E-state index in [9.17, 15) is 9.46 Å². The predicted octanol–water partition coefficient (Wildman–Crippen LogP) is 3.18. The molecular weight excluding hydrogens is 259 g/mol. The number of nitrogen functional groups attached to an aromatic ring is 1. The van der Waals surface area contributed by atoms with Gasteiger partial charge in [0.05, 0.1) is 11.4 Å². The molecule has 108 valence electrons. The summed E-state index contributed by atoms with van der Waals surface area (Å²) in [5, 5.41) is 3.40. The zero-order valence-electron chi connectivity index (χ0n) is 11.9. The first-order chi connectivity index (χ1) is 9.01. The van der Waals surface area contributed by atoms with Gasteiger partial charge < -0.3 is 15.9 Å². The van der Waals surface area contributed by atoms with Crippen molar-refractivity contribution in [2.75, 3.05) is 24.3 Å². The number of rotatable bonds is 8. The molecule has 0 aliphatic heterocycles. The monoisotopic (exact) mass is 284 g/mol. The maximum atomic E-state index is 12.3. The lowest BCUT2D eigenvalue weighted by Crippen LogP contribution is -2.10. The van der Waals surface area contributed by atoms with Crippen LogP contribution in [0.3, 0.4) is 0 Å². The molecule has 5 heteroatoms. The quantitative estimate of drug-likeness (QED) is 0.389. The number of unbranched alkanes of at least 4 members (excludes halogenated alkanes) is 4. The van der Waals surface area contributed by atoms with Gasteiger partial charge in [-0.3, -0.25) is 4.57 Å². The Kier molecular flexibility index (Phi) is 6.40. The van der Waals surface area contributed by atoms with E-state index in [0.29, 0.717) is 17.2 Å². The maximum Gasteiger partial charge on any atom is 0.229 e. The first kappa shape index (κ1) is 16.1. The largest absolute Gasteiger partial charge is 0.397 e. The summed E-state index contributed by atoms with van der Waals surface area (Å²) in [6.07, 6.45) is 5.66. The predicted molar refractivity (Wildman–Crippen MR) is 83.5 cm³/mol. The first-order valence-corrected chi connectivity index (χ1v) is 8.75. The summed E-state index contributed by atoms with van der Waals surface area (Å²) in [6.45, 7) is 2.16. The molecular formula is C14H25N2O2P. The molecule has 0 spiro atoms. The molecule has 0 saturated carbocycles. The molecule has 0 saturated heterocycles. The van der Waals surface area contributed by atoms with Crippen LogP contribution < -0.4 is 16.4 Å². The average molecular weight is 284 g/mol. The highest BCUT2D eigenvalue weighted by Gasteiger charge is 2.21. The number of nitrogens with one attached hydrogen (secondary N) is 1. The zero-order valence-corrected chi connectivity index (χ0v) is 12.7. The fraction of sp³-hybridized carbons (Fsp3) is 0.571. The molecule has 1 unspecified atom stereocenters. The van der Waals surface area contributed by atoms with E-state index in [4.69, 9.17) is 5.73 Å². The Morgan fingerprint density at radius 3 is 2.53 bits per heavy atom. The second-order valence-electron chi connectivity index (χ2n) is 4.86. The molecule has 0 amide bonds. The Morgan fingerprint density at radius 2 is 1.95 bits per heavy atom. The van der Waals surface area contributed by atoms with Crippen molar-refractivity contribution in [3.8, 4) is 0 Å². The molecule has 0 radical (unpaired) electrons. The van der Waals surface area contributed by atoms with Gasteiger partial charge in [-0.2, -0.15) is 0 Å². The summed E-state index contributed by atoms with van der Waals surface area (Å²) in [4.78, 5) is 10.1. The summed E-state index contributed by atoms with van der Waals surface area (Å²) in [7, 11) is -1.48. The number of hydrogen-bond acceptors (Lipinski definition) is 3. The van der Waals surface area contributed by atoms with Crippen LogP contribution in [0, 0.1) is 0 Å². The van der Waals surface area contributed by atoms with Crippen molar-refractivity contribution in [2.45, 2.75) is 39.0 Å². The molecule has 0 aromatic heterocycles. The van der Waals surface area contributed by atoms with Gasteiger partial charge in [-0.15, -0.1) is 0 Å². The van der Waals surface area contributed by atoms with E-state index < -0.39 is 7.37 Å². The van der Waals surface area contributed by atoms with E-state index in [2.05, 4.69) is 12.2 Å². The van der Waals surface area contributed by atoms with Gasteiger partial charge >= 0.3 is 0 Å². The van der Waals surface area contributed by atoms with Crippen molar-refractivity contribution in [1.82, 2.24) is 0 Å². The summed E-state index contributed by atoms with van der Waals surface area (Å²) in [6, 6.07) is 5.05. The highest BCUT2D eigenvalue weighted by atomic mass is 31.2. The van der Waals surface area contributed by atoms with Crippen molar-refractivity contribution in [1.29, 1.82) is 0 Å². The molecule has 1 rings (SSSR count). The van der Waals surface area contributed by atoms with Gasteiger partial charge in [0.2, 0.25) is 7.37 Å². The van der Waals surface area contributed by atoms with Gasteiger partial charge in [0.25, 0.3) is 0 Å². The molecule has 0 bridgehead atoms. The number of nitrogens with two attached hydrogens (primary N) is 1. The van der Waals surface area contributed by atoms with E-state index in [0.717, 1.165) is 24.9 Å². The van der Waals surface area contributed by atoms with E-state index in [1.54, 1.807) is 25.2 Å². The SMILES string of the molecule is CCCCCCCP(=O)(O)c1ccc(NC)c(N)c1. The highest BCUT2D eigenvalue weighted by molar-refractivity contribution is 7.66. The van der Waals surface area contributed by atoms with Crippen molar-refractivity contribution in [3.63, 3.8) is 0 Å². The second kappa shape index (κ2) is 7.56. The van der Waals surface area contributed by atoms with Gasteiger partial charge in [0.1, 0.15) is 0 Å². The third-order valence-corrected chi connectivity index (χ3v) is 5.28. The number of hydrogen-bond donors (Lipinski definition) is 3. The Bertz CT molecular complexity index is 449. The topological polar surface area (TPSA) is 75.3 Å². The number of anilines is 2. The Morgan fingerprint density at radius 1 is 1.26 bits per heavy atom. The molecule has 19 heavy (non-hydrogen) atoms. The summed E-state index contributed by atoms with van der Waals surface area (Å²) in [5.74, 6) is 0. The van der Waals surface area contributed by atoms with Crippen molar-refractivity contribution >= 4 is 24.0 Å². The summed E-state index contributed by atoms with van der Waals surface area (Å²) < 4.78 is 12.3. The molecule has 4 nitrogen and oxygen atoms in total. The number of benzene rings is 1. The lowest BCUT2D eigenvalue weighted by Gasteiger charge is -2.14. The second-order valence-corrected chi connectivity index (χ2v) is 7.23. The van der Waals surface area contributed by atoms with Crippen molar-refractivity contribution in [3.05, 3.63) is 18.2 Å². The van der Waals surface area contributed by atoms with E-state index in [-0.39, 0.29) is 0 Å².